The molecule has 1 fully saturated rings. The summed E-state index contributed by atoms with van der Waals surface area (Å²) >= 11 is 0. The second-order valence-corrected chi connectivity index (χ2v) is 8.41. The summed E-state index contributed by atoms with van der Waals surface area (Å²) in [6.07, 6.45) is 0.257. The van der Waals surface area contributed by atoms with E-state index in [0.717, 1.165) is 5.56 Å². The second kappa shape index (κ2) is 7.17. The standard InChI is InChI=1S/C19H21FN2O3S/c1-13-3-8-18(14(2)9-13)26(24,25)21-11-15-10-19(23)22(12-15)17-6-4-16(20)5-7-17/h3-9,15,21H,10-12H2,1-2H3/t15-/m1/s1. The van der Waals surface area contributed by atoms with Crippen molar-refractivity contribution in [3.05, 3.63) is 59.4 Å². The molecule has 0 radical (unpaired) electrons. The van der Waals surface area contributed by atoms with Crippen LogP contribution in [0.1, 0.15) is 17.5 Å². The highest BCUT2D eigenvalue weighted by atomic mass is 32.2. The zero-order chi connectivity index (χ0) is 18.9. The first-order valence-electron chi connectivity index (χ1n) is 8.39. The van der Waals surface area contributed by atoms with Crippen LogP contribution in [0.15, 0.2) is 47.4 Å². The molecule has 0 spiro atoms. The average Bonchev–Trinajstić information content (AvgIpc) is 2.94. The maximum absolute atomic E-state index is 13.0. The van der Waals surface area contributed by atoms with Gasteiger partial charge in [0.2, 0.25) is 15.9 Å². The lowest BCUT2D eigenvalue weighted by Gasteiger charge is -2.17. The van der Waals surface area contributed by atoms with E-state index in [4.69, 9.17) is 0 Å². The number of benzene rings is 2. The minimum absolute atomic E-state index is 0.0904. The number of anilines is 1. The van der Waals surface area contributed by atoms with E-state index in [2.05, 4.69) is 4.72 Å². The summed E-state index contributed by atoms with van der Waals surface area (Å²) in [5, 5.41) is 0. The lowest BCUT2D eigenvalue weighted by atomic mass is 10.1. The lowest BCUT2D eigenvalue weighted by molar-refractivity contribution is -0.117. The molecule has 0 saturated carbocycles. The molecular formula is C19H21FN2O3S. The molecule has 1 amide bonds. The molecule has 1 heterocycles. The Morgan fingerprint density at radius 3 is 2.50 bits per heavy atom. The Morgan fingerprint density at radius 1 is 1.15 bits per heavy atom. The predicted octanol–water partition coefficient (Wildman–Crippen LogP) is 2.77. The number of halogens is 1. The van der Waals surface area contributed by atoms with Gasteiger partial charge >= 0.3 is 0 Å². The van der Waals surface area contributed by atoms with Gasteiger partial charge in [-0.3, -0.25) is 4.79 Å². The van der Waals surface area contributed by atoms with Crippen molar-refractivity contribution in [2.24, 2.45) is 5.92 Å². The van der Waals surface area contributed by atoms with Gasteiger partial charge in [-0.25, -0.2) is 17.5 Å². The number of carbonyl (C=O) groups is 1. The normalized spacial score (nSPS) is 17.7. The first-order valence-corrected chi connectivity index (χ1v) is 9.87. The van der Waals surface area contributed by atoms with Crippen molar-refractivity contribution in [2.75, 3.05) is 18.0 Å². The van der Waals surface area contributed by atoms with Crippen LogP contribution in [-0.4, -0.2) is 27.4 Å². The van der Waals surface area contributed by atoms with Gasteiger partial charge < -0.3 is 4.90 Å². The zero-order valence-electron chi connectivity index (χ0n) is 14.7. The number of nitrogens with one attached hydrogen (secondary N) is 1. The molecule has 1 saturated heterocycles. The largest absolute Gasteiger partial charge is 0.312 e. The first-order chi connectivity index (χ1) is 12.3. The highest BCUT2D eigenvalue weighted by Gasteiger charge is 2.31. The third-order valence-electron chi connectivity index (χ3n) is 4.53. The third kappa shape index (κ3) is 3.94. The van der Waals surface area contributed by atoms with E-state index in [-0.39, 0.29) is 35.5 Å². The van der Waals surface area contributed by atoms with Gasteiger partial charge in [0.15, 0.2) is 0 Å². The van der Waals surface area contributed by atoms with E-state index < -0.39 is 10.0 Å². The Balaban J connectivity index is 1.66. The van der Waals surface area contributed by atoms with Crippen LogP contribution in [-0.2, 0) is 14.8 Å². The summed E-state index contributed by atoms with van der Waals surface area (Å²) in [6, 6.07) is 10.9. The SMILES string of the molecule is Cc1ccc(S(=O)(=O)NC[C@H]2CC(=O)N(c3ccc(F)cc3)C2)c(C)c1. The predicted molar refractivity (Wildman–Crippen MR) is 98.0 cm³/mol. The number of sulfonamides is 1. The molecule has 0 bridgehead atoms. The first kappa shape index (κ1) is 18.5. The molecule has 1 aliphatic rings. The van der Waals surface area contributed by atoms with Gasteiger partial charge in [0.05, 0.1) is 4.90 Å². The van der Waals surface area contributed by atoms with Crippen molar-refractivity contribution in [1.29, 1.82) is 0 Å². The zero-order valence-corrected chi connectivity index (χ0v) is 15.5. The van der Waals surface area contributed by atoms with Crippen LogP contribution >= 0.6 is 0 Å². The number of amides is 1. The molecule has 1 aliphatic heterocycles. The minimum Gasteiger partial charge on any atom is -0.312 e. The topological polar surface area (TPSA) is 66.5 Å². The molecule has 5 nitrogen and oxygen atoms in total. The molecule has 2 aromatic rings. The van der Waals surface area contributed by atoms with Gasteiger partial charge in [0.1, 0.15) is 5.82 Å². The molecule has 0 aliphatic carbocycles. The highest BCUT2D eigenvalue weighted by Crippen LogP contribution is 2.25. The van der Waals surface area contributed by atoms with Crippen LogP contribution in [0, 0.1) is 25.6 Å². The number of hydrogen-bond donors (Lipinski definition) is 1. The summed E-state index contributed by atoms with van der Waals surface area (Å²) in [4.78, 5) is 14.0. The van der Waals surface area contributed by atoms with Crippen LogP contribution in [0.5, 0.6) is 0 Å². The molecule has 138 valence electrons. The lowest BCUT2D eigenvalue weighted by Crippen LogP contribution is -2.31. The Labute approximate surface area is 152 Å². The van der Waals surface area contributed by atoms with Crippen molar-refractivity contribution in [2.45, 2.75) is 25.2 Å². The van der Waals surface area contributed by atoms with Gasteiger partial charge in [-0.1, -0.05) is 17.7 Å². The maximum Gasteiger partial charge on any atom is 0.240 e. The number of rotatable bonds is 5. The van der Waals surface area contributed by atoms with E-state index in [9.17, 15) is 17.6 Å². The van der Waals surface area contributed by atoms with Crippen LogP contribution in [0.2, 0.25) is 0 Å². The second-order valence-electron chi connectivity index (χ2n) is 6.67. The van der Waals surface area contributed by atoms with Gasteiger partial charge in [-0.05, 0) is 55.7 Å². The summed E-state index contributed by atoms with van der Waals surface area (Å²) in [5.74, 6) is -0.585. The fourth-order valence-electron chi connectivity index (χ4n) is 3.20. The Bertz CT molecular complexity index is 926. The Morgan fingerprint density at radius 2 is 1.85 bits per heavy atom. The molecule has 0 unspecified atom stereocenters. The molecule has 7 heteroatoms. The fraction of sp³-hybridized carbons (Fsp3) is 0.316. The molecule has 26 heavy (non-hydrogen) atoms. The van der Waals surface area contributed by atoms with Gasteiger partial charge in [0.25, 0.3) is 0 Å². The van der Waals surface area contributed by atoms with E-state index in [1.807, 2.05) is 13.0 Å². The van der Waals surface area contributed by atoms with Gasteiger partial charge in [-0.15, -0.1) is 0 Å². The number of nitrogens with zero attached hydrogens (tertiary/aromatic N) is 1. The number of hydrogen-bond acceptors (Lipinski definition) is 3. The Kier molecular flexibility index (Phi) is 5.11. The average molecular weight is 376 g/mol. The van der Waals surface area contributed by atoms with E-state index in [1.165, 1.54) is 12.1 Å². The van der Waals surface area contributed by atoms with Crippen molar-refractivity contribution < 1.29 is 17.6 Å². The highest BCUT2D eigenvalue weighted by molar-refractivity contribution is 7.89. The molecule has 1 N–H and O–H groups in total. The summed E-state index contributed by atoms with van der Waals surface area (Å²) < 4.78 is 40.7. The van der Waals surface area contributed by atoms with Crippen LogP contribution < -0.4 is 9.62 Å². The van der Waals surface area contributed by atoms with E-state index in [0.29, 0.717) is 17.8 Å². The van der Waals surface area contributed by atoms with E-state index in [1.54, 1.807) is 36.1 Å². The van der Waals surface area contributed by atoms with Crippen molar-refractivity contribution in [3.8, 4) is 0 Å². The van der Waals surface area contributed by atoms with Crippen molar-refractivity contribution in [1.82, 2.24) is 4.72 Å². The van der Waals surface area contributed by atoms with Gasteiger partial charge in [-0.2, -0.15) is 0 Å². The van der Waals surface area contributed by atoms with Gasteiger partial charge in [0, 0.05) is 25.2 Å². The smallest absolute Gasteiger partial charge is 0.240 e. The number of carbonyl (C=O) groups excluding carboxylic acids is 1. The van der Waals surface area contributed by atoms with Crippen LogP contribution in [0.4, 0.5) is 10.1 Å². The molecule has 3 rings (SSSR count). The van der Waals surface area contributed by atoms with Crippen LogP contribution in [0.25, 0.3) is 0 Å². The summed E-state index contributed by atoms with van der Waals surface area (Å²) in [7, 11) is -3.63. The molecule has 2 aromatic carbocycles. The Hall–Kier alpha value is -2.25. The summed E-state index contributed by atoms with van der Waals surface area (Å²) in [5.41, 5.74) is 2.31. The maximum atomic E-state index is 13.0. The molecule has 0 aromatic heterocycles. The fourth-order valence-corrected chi connectivity index (χ4v) is 4.54. The monoisotopic (exact) mass is 376 g/mol. The quantitative estimate of drug-likeness (QED) is 0.873. The van der Waals surface area contributed by atoms with Crippen molar-refractivity contribution in [3.63, 3.8) is 0 Å². The minimum atomic E-state index is -3.63. The third-order valence-corrected chi connectivity index (χ3v) is 6.11. The summed E-state index contributed by atoms with van der Waals surface area (Å²) in [6.45, 7) is 4.25. The number of aryl methyl sites for hydroxylation is 2. The molecular weight excluding hydrogens is 355 g/mol. The van der Waals surface area contributed by atoms with Crippen molar-refractivity contribution >= 4 is 21.6 Å². The van der Waals surface area contributed by atoms with E-state index >= 15 is 0 Å². The van der Waals surface area contributed by atoms with Crippen LogP contribution in [0.3, 0.4) is 0 Å². The molecule has 1 atom stereocenters.